The number of amides is 1. The highest BCUT2D eigenvalue weighted by Crippen LogP contribution is 2.12. The quantitative estimate of drug-likeness (QED) is 0.732. The molecule has 0 spiro atoms. The van der Waals surface area contributed by atoms with Crippen LogP contribution in [0, 0.1) is 18.8 Å². The van der Waals surface area contributed by atoms with Crippen LogP contribution < -0.4 is 11.1 Å². The smallest absolute Gasteiger partial charge is 0.251 e. The van der Waals surface area contributed by atoms with Crippen molar-refractivity contribution < 1.29 is 4.79 Å². The van der Waals surface area contributed by atoms with Crippen LogP contribution in [-0.4, -0.2) is 29.0 Å². The van der Waals surface area contributed by atoms with Crippen molar-refractivity contribution in [2.24, 2.45) is 5.73 Å². The van der Waals surface area contributed by atoms with E-state index in [0.717, 1.165) is 17.0 Å². The average molecular weight is 282 g/mol. The molecular weight excluding hydrogens is 264 g/mol. The third-order valence-corrected chi connectivity index (χ3v) is 3.11. The minimum Gasteiger partial charge on any atom is -0.352 e. The highest BCUT2D eigenvalue weighted by Gasteiger charge is 2.10. The average Bonchev–Trinajstić information content (AvgIpc) is 2.99. The fourth-order valence-electron chi connectivity index (χ4n) is 1.99. The fraction of sp³-hybridized carbons (Fsp3) is 0.250. The first kappa shape index (κ1) is 14.8. The molecule has 5 nitrogen and oxygen atoms in total. The molecule has 0 saturated heterocycles. The summed E-state index contributed by atoms with van der Waals surface area (Å²) in [7, 11) is 0. The Morgan fingerprint density at radius 1 is 1.48 bits per heavy atom. The van der Waals surface area contributed by atoms with Crippen LogP contribution in [0.4, 0.5) is 0 Å². The van der Waals surface area contributed by atoms with E-state index in [9.17, 15) is 4.79 Å². The number of rotatable bonds is 4. The lowest BCUT2D eigenvalue weighted by molar-refractivity contribution is 0.0953. The second kappa shape index (κ2) is 7.27. The van der Waals surface area contributed by atoms with Gasteiger partial charge in [-0.25, -0.2) is 4.98 Å². The van der Waals surface area contributed by atoms with Gasteiger partial charge in [-0.2, -0.15) is 0 Å². The van der Waals surface area contributed by atoms with E-state index in [0.29, 0.717) is 25.1 Å². The van der Waals surface area contributed by atoms with Gasteiger partial charge in [0.05, 0.1) is 6.54 Å². The molecule has 0 aliphatic heterocycles. The lowest BCUT2D eigenvalue weighted by Gasteiger charge is -2.08. The first-order valence-electron chi connectivity index (χ1n) is 6.77. The number of nitrogens with zero attached hydrogens (tertiary/aromatic N) is 1. The SMILES string of the molecule is Cc1c(C#CCN)cccc1C(=O)NCCc1ncc[nH]1. The molecule has 21 heavy (non-hydrogen) atoms. The number of hydrogen-bond donors (Lipinski definition) is 3. The Labute approximate surface area is 124 Å². The number of imidazole rings is 1. The van der Waals surface area contributed by atoms with Gasteiger partial charge in [0.2, 0.25) is 0 Å². The van der Waals surface area contributed by atoms with Gasteiger partial charge in [0, 0.05) is 36.5 Å². The molecule has 2 aromatic rings. The zero-order valence-corrected chi connectivity index (χ0v) is 11.9. The molecule has 0 saturated carbocycles. The lowest BCUT2D eigenvalue weighted by atomic mass is 10.0. The predicted octanol–water partition coefficient (Wildman–Crippen LogP) is 1.00. The van der Waals surface area contributed by atoms with Gasteiger partial charge in [-0.1, -0.05) is 17.9 Å². The summed E-state index contributed by atoms with van der Waals surface area (Å²) in [5, 5.41) is 2.89. The van der Waals surface area contributed by atoms with Crippen LogP contribution in [0.3, 0.4) is 0 Å². The van der Waals surface area contributed by atoms with Crippen molar-refractivity contribution in [1.82, 2.24) is 15.3 Å². The molecule has 0 aliphatic rings. The third-order valence-electron chi connectivity index (χ3n) is 3.11. The second-order valence-electron chi connectivity index (χ2n) is 4.53. The zero-order valence-electron chi connectivity index (χ0n) is 11.9. The summed E-state index contributed by atoms with van der Waals surface area (Å²) in [4.78, 5) is 19.3. The number of carbonyl (C=O) groups excluding carboxylic acids is 1. The van der Waals surface area contributed by atoms with Gasteiger partial charge in [0.25, 0.3) is 5.91 Å². The zero-order chi connectivity index (χ0) is 15.1. The van der Waals surface area contributed by atoms with E-state index < -0.39 is 0 Å². The van der Waals surface area contributed by atoms with Gasteiger partial charge in [0.1, 0.15) is 5.82 Å². The molecule has 0 atom stereocenters. The summed E-state index contributed by atoms with van der Waals surface area (Å²) in [6.45, 7) is 2.73. The summed E-state index contributed by atoms with van der Waals surface area (Å²) >= 11 is 0. The number of aromatic amines is 1. The molecule has 0 unspecified atom stereocenters. The largest absolute Gasteiger partial charge is 0.352 e. The minimum atomic E-state index is -0.101. The highest BCUT2D eigenvalue weighted by molar-refractivity contribution is 5.96. The van der Waals surface area contributed by atoms with Crippen molar-refractivity contribution in [2.45, 2.75) is 13.3 Å². The molecular formula is C16H18N4O. The van der Waals surface area contributed by atoms with Gasteiger partial charge in [-0.3, -0.25) is 4.79 Å². The Morgan fingerprint density at radius 3 is 3.05 bits per heavy atom. The predicted molar refractivity (Wildman–Crippen MR) is 81.7 cm³/mol. The van der Waals surface area contributed by atoms with E-state index >= 15 is 0 Å². The Balaban J connectivity index is 2.01. The van der Waals surface area contributed by atoms with Crippen molar-refractivity contribution in [2.75, 3.05) is 13.1 Å². The number of carbonyl (C=O) groups is 1. The monoisotopic (exact) mass is 282 g/mol. The summed E-state index contributed by atoms with van der Waals surface area (Å²) in [5.41, 5.74) is 7.71. The number of benzene rings is 1. The maximum atomic E-state index is 12.2. The number of nitrogens with two attached hydrogens (primary N) is 1. The molecule has 0 radical (unpaired) electrons. The van der Waals surface area contributed by atoms with E-state index in [2.05, 4.69) is 27.1 Å². The summed E-state index contributed by atoms with van der Waals surface area (Å²) in [5.74, 6) is 6.54. The molecule has 1 aromatic heterocycles. The van der Waals surface area contributed by atoms with Crippen molar-refractivity contribution in [3.05, 3.63) is 53.1 Å². The molecule has 1 aromatic carbocycles. The summed E-state index contributed by atoms with van der Waals surface area (Å²) in [6.07, 6.45) is 4.13. The van der Waals surface area contributed by atoms with Crippen LogP contribution in [0.5, 0.6) is 0 Å². The van der Waals surface area contributed by atoms with Crippen molar-refractivity contribution in [1.29, 1.82) is 0 Å². The highest BCUT2D eigenvalue weighted by atomic mass is 16.1. The van der Waals surface area contributed by atoms with Gasteiger partial charge >= 0.3 is 0 Å². The first-order valence-corrected chi connectivity index (χ1v) is 6.77. The van der Waals surface area contributed by atoms with Crippen molar-refractivity contribution >= 4 is 5.91 Å². The van der Waals surface area contributed by atoms with E-state index in [1.54, 1.807) is 18.5 Å². The fourth-order valence-corrected chi connectivity index (χ4v) is 1.99. The van der Waals surface area contributed by atoms with Gasteiger partial charge in [-0.15, -0.1) is 0 Å². The maximum Gasteiger partial charge on any atom is 0.251 e. The Hall–Kier alpha value is -2.58. The maximum absolute atomic E-state index is 12.2. The molecule has 0 aliphatic carbocycles. The van der Waals surface area contributed by atoms with Crippen molar-refractivity contribution in [3.63, 3.8) is 0 Å². The van der Waals surface area contributed by atoms with Gasteiger partial charge < -0.3 is 16.0 Å². The van der Waals surface area contributed by atoms with Crippen LogP contribution in [0.1, 0.15) is 27.3 Å². The Bertz CT molecular complexity index is 665. The summed E-state index contributed by atoms with van der Waals surface area (Å²) in [6, 6.07) is 5.51. The van der Waals surface area contributed by atoms with Crippen LogP contribution >= 0.6 is 0 Å². The summed E-state index contributed by atoms with van der Waals surface area (Å²) < 4.78 is 0. The van der Waals surface area contributed by atoms with E-state index in [1.807, 2.05) is 19.1 Å². The molecule has 0 bridgehead atoms. The number of nitrogens with one attached hydrogen (secondary N) is 2. The van der Waals surface area contributed by atoms with Crippen LogP contribution in [-0.2, 0) is 6.42 Å². The Morgan fingerprint density at radius 2 is 2.33 bits per heavy atom. The Kier molecular flexibility index (Phi) is 5.13. The molecule has 108 valence electrons. The number of hydrogen-bond acceptors (Lipinski definition) is 3. The first-order chi connectivity index (χ1) is 10.2. The van der Waals surface area contributed by atoms with Crippen LogP contribution in [0.2, 0.25) is 0 Å². The molecule has 0 fully saturated rings. The van der Waals surface area contributed by atoms with Crippen LogP contribution in [0.25, 0.3) is 0 Å². The standard InChI is InChI=1S/C16H18N4O/c1-12-13(5-3-8-17)4-2-6-14(12)16(21)20-9-7-15-18-10-11-19-15/h2,4,6,10-11H,7-9,17H2,1H3,(H,18,19)(H,20,21). The van der Waals surface area contributed by atoms with Gasteiger partial charge in [-0.05, 0) is 24.6 Å². The van der Waals surface area contributed by atoms with E-state index in [4.69, 9.17) is 5.73 Å². The number of aromatic nitrogens is 2. The molecule has 1 amide bonds. The van der Waals surface area contributed by atoms with E-state index in [-0.39, 0.29) is 5.91 Å². The van der Waals surface area contributed by atoms with Crippen LogP contribution in [0.15, 0.2) is 30.6 Å². The number of H-pyrrole nitrogens is 1. The lowest BCUT2D eigenvalue weighted by Crippen LogP contribution is -2.26. The minimum absolute atomic E-state index is 0.101. The molecule has 1 heterocycles. The third kappa shape index (κ3) is 3.94. The normalized spacial score (nSPS) is 9.81. The van der Waals surface area contributed by atoms with Gasteiger partial charge in [0.15, 0.2) is 0 Å². The second-order valence-corrected chi connectivity index (χ2v) is 4.53. The van der Waals surface area contributed by atoms with E-state index in [1.165, 1.54) is 0 Å². The topological polar surface area (TPSA) is 83.8 Å². The molecule has 2 rings (SSSR count). The molecule has 4 N–H and O–H groups in total. The molecule has 5 heteroatoms. The van der Waals surface area contributed by atoms with Crippen molar-refractivity contribution in [3.8, 4) is 11.8 Å².